The van der Waals surface area contributed by atoms with Gasteiger partial charge in [0.1, 0.15) is 0 Å². The molecule has 4 heteroatoms. The number of carbonyl (C=O) groups excluding carboxylic acids is 2. The highest BCUT2D eigenvalue weighted by atomic mass is 16.5. The molecule has 0 rings (SSSR count). The summed E-state index contributed by atoms with van der Waals surface area (Å²) in [6, 6.07) is 0. The van der Waals surface area contributed by atoms with E-state index in [1.165, 1.54) is 83.5 Å². The van der Waals surface area contributed by atoms with Gasteiger partial charge in [0.15, 0.2) is 0 Å². The minimum Gasteiger partial charge on any atom is -0.466 e. The van der Waals surface area contributed by atoms with Gasteiger partial charge in [-0.3, -0.25) is 9.59 Å². The molecular weight excluding hydrogens is 376 g/mol. The molecule has 0 aliphatic rings. The molecule has 0 atom stereocenters. The van der Waals surface area contributed by atoms with Crippen LogP contribution in [0, 0.1) is 0 Å². The number of unbranched alkanes of at least 4 members (excludes halogenated alkanes) is 15. The topological polar surface area (TPSA) is 52.6 Å². The molecule has 0 fully saturated rings. The lowest BCUT2D eigenvalue weighted by atomic mass is 10.1. The van der Waals surface area contributed by atoms with Crippen molar-refractivity contribution in [1.82, 2.24) is 0 Å². The third-order valence-corrected chi connectivity index (χ3v) is 5.53. The number of hydrogen-bond acceptors (Lipinski definition) is 4. The molecule has 0 saturated heterocycles. The molecule has 0 radical (unpaired) electrons. The van der Waals surface area contributed by atoms with Crippen molar-refractivity contribution in [1.29, 1.82) is 0 Å². The van der Waals surface area contributed by atoms with E-state index < -0.39 is 0 Å². The van der Waals surface area contributed by atoms with Gasteiger partial charge < -0.3 is 9.47 Å². The first-order chi connectivity index (χ1) is 14.7. The van der Waals surface area contributed by atoms with E-state index in [2.05, 4.69) is 13.8 Å². The van der Waals surface area contributed by atoms with Crippen molar-refractivity contribution in [2.45, 2.75) is 142 Å². The van der Waals surface area contributed by atoms with Crippen molar-refractivity contribution < 1.29 is 19.1 Å². The van der Waals surface area contributed by atoms with E-state index >= 15 is 0 Å². The average Bonchev–Trinajstić information content (AvgIpc) is 2.74. The van der Waals surface area contributed by atoms with Crippen molar-refractivity contribution in [3.8, 4) is 0 Å². The van der Waals surface area contributed by atoms with Gasteiger partial charge in [-0.2, -0.15) is 0 Å². The van der Waals surface area contributed by atoms with Crippen molar-refractivity contribution >= 4 is 11.9 Å². The van der Waals surface area contributed by atoms with Crippen molar-refractivity contribution in [3.05, 3.63) is 0 Å². The Bertz CT molecular complexity index is 381. The van der Waals surface area contributed by atoms with E-state index in [0.717, 1.165) is 25.7 Å². The van der Waals surface area contributed by atoms with Crippen molar-refractivity contribution in [3.63, 3.8) is 0 Å². The maximum Gasteiger partial charge on any atom is 0.305 e. The first kappa shape index (κ1) is 28.9. The van der Waals surface area contributed by atoms with E-state index in [9.17, 15) is 9.59 Å². The highest BCUT2D eigenvalue weighted by Crippen LogP contribution is 2.10. The van der Waals surface area contributed by atoms with Gasteiger partial charge in [-0.05, 0) is 19.3 Å². The van der Waals surface area contributed by atoms with Crippen molar-refractivity contribution in [2.75, 3.05) is 13.2 Å². The molecule has 4 nitrogen and oxygen atoms in total. The van der Waals surface area contributed by atoms with Crippen LogP contribution < -0.4 is 0 Å². The summed E-state index contributed by atoms with van der Waals surface area (Å²) in [4.78, 5) is 23.4. The molecule has 0 aromatic rings. The van der Waals surface area contributed by atoms with E-state index in [0.29, 0.717) is 32.5 Å². The highest BCUT2D eigenvalue weighted by Gasteiger charge is 2.07. The normalized spacial score (nSPS) is 10.9. The molecule has 0 heterocycles. The lowest BCUT2D eigenvalue weighted by Gasteiger charge is -2.06. The lowest BCUT2D eigenvalue weighted by Crippen LogP contribution is -2.09. The van der Waals surface area contributed by atoms with Gasteiger partial charge in [0, 0.05) is 12.8 Å². The molecule has 178 valence electrons. The van der Waals surface area contributed by atoms with Gasteiger partial charge in [0.2, 0.25) is 0 Å². The second-order valence-electron chi connectivity index (χ2n) is 8.60. The van der Waals surface area contributed by atoms with Gasteiger partial charge in [0.25, 0.3) is 0 Å². The minimum absolute atomic E-state index is 0.189. The van der Waals surface area contributed by atoms with Crippen LogP contribution in [0.1, 0.15) is 142 Å². The van der Waals surface area contributed by atoms with E-state index in [1.54, 1.807) is 0 Å². The molecule has 0 N–H and O–H groups in total. The van der Waals surface area contributed by atoms with Crippen LogP contribution in [0.5, 0.6) is 0 Å². The van der Waals surface area contributed by atoms with Gasteiger partial charge in [0.05, 0.1) is 13.2 Å². The second-order valence-corrected chi connectivity index (χ2v) is 8.60. The van der Waals surface area contributed by atoms with Crippen LogP contribution in [0.4, 0.5) is 0 Å². The minimum atomic E-state index is -0.190. The van der Waals surface area contributed by atoms with Crippen LogP contribution in [0.15, 0.2) is 0 Å². The molecule has 0 unspecified atom stereocenters. The fourth-order valence-electron chi connectivity index (χ4n) is 3.54. The number of hydrogen-bond donors (Lipinski definition) is 0. The number of carbonyl (C=O) groups is 2. The summed E-state index contributed by atoms with van der Waals surface area (Å²) in [7, 11) is 0. The fraction of sp³-hybridized carbons (Fsp3) is 0.923. The first-order valence-electron chi connectivity index (χ1n) is 13.0. The van der Waals surface area contributed by atoms with Crippen LogP contribution in [0.2, 0.25) is 0 Å². The van der Waals surface area contributed by atoms with E-state index in [1.807, 2.05) is 0 Å². The zero-order valence-electron chi connectivity index (χ0n) is 20.2. The standard InChI is InChI=1S/C26H50O4/c1-3-5-7-9-11-13-15-17-19-24-30-26(28)22-20-21-25(27)29-23-18-16-14-12-10-8-6-4-2/h3-24H2,1-2H3. The van der Waals surface area contributed by atoms with Crippen LogP contribution in [-0.2, 0) is 19.1 Å². The fourth-order valence-corrected chi connectivity index (χ4v) is 3.54. The third kappa shape index (κ3) is 23.2. The number of rotatable bonds is 23. The average molecular weight is 427 g/mol. The van der Waals surface area contributed by atoms with Crippen LogP contribution in [-0.4, -0.2) is 25.2 Å². The maximum atomic E-state index is 11.7. The molecule has 0 aliphatic carbocycles. The van der Waals surface area contributed by atoms with Crippen LogP contribution in [0.3, 0.4) is 0 Å². The zero-order valence-corrected chi connectivity index (χ0v) is 20.2. The molecule has 0 amide bonds. The zero-order chi connectivity index (χ0) is 22.1. The Labute approximate surface area is 186 Å². The first-order valence-corrected chi connectivity index (χ1v) is 13.0. The Balaban J connectivity index is 3.30. The summed E-state index contributed by atoms with van der Waals surface area (Å²) in [5.74, 6) is -0.380. The predicted molar refractivity (Wildman–Crippen MR) is 126 cm³/mol. The molecule has 0 bridgehead atoms. The van der Waals surface area contributed by atoms with Gasteiger partial charge in [-0.1, -0.05) is 110 Å². The summed E-state index contributed by atoms with van der Waals surface area (Å²) in [6.45, 7) is 5.50. The summed E-state index contributed by atoms with van der Waals surface area (Å²) in [5, 5.41) is 0. The Morgan fingerprint density at radius 1 is 0.433 bits per heavy atom. The summed E-state index contributed by atoms with van der Waals surface area (Å²) in [6.07, 6.45) is 22.3. The van der Waals surface area contributed by atoms with Crippen LogP contribution in [0.25, 0.3) is 0 Å². The van der Waals surface area contributed by atoms with Gasteiger partial charge >= 0.3 is 11.9 Å². The second kappa shape index (κ2) is 24.2. The number of esters is 2. The Kier molecular flexibility index (Phi) is 23.4. The molecule has 0 aromatic heterocycles. The molecule has 0 aliphatic heterocycles. The number of ether oxygens (including phenoxy) is 2. The Hall–Kier alpha value is -1.06. The molecule has 30 heavy (non-hydrogen) atoms. The quantitative estimate of drug-likeness (QED) is 0.123. The lowest BCUT2D eigenvalue weighted by molar-refractivity contribution is -0.145. The van der Waals surface area contributed by atoms with Gasteiger partial charge in [-0.25, -0.2) is 0 Å². The molecule has 0 saturated carbocycles. The molecule has 0 aromatic carbocycles. The largest absolute Gasteiger partial charge is 0.466 e. The highest BCUT2D eigenvalue weighted by molar-refractivity contribution is 5.72. The monoisotopic (exact) mass is 426 g/mol. The predicted octanol–water partition coefficient (Wildman–Crippen LogP) is 7.91. The Morgan fingerprint density at radius 2 is 0.733 bits per heavy atom. The van der Waals surface area contributed by atoms with Crippen molar-refractivity contribution in [2.24, 2.45) is 0 Å². The third-order valence-electron chi connectivity index (χ3n) is 5.53. The summed E-state index contributed by atoms with van der Waals surface area (Å²) in [5.41, 5.74) is 0. The smallest absolute Gasteiger partial charge is 0.305 e. The SMILES string of the molecule is CCCCCCCCCCCOC(=O)CCCC(=O)OCCCCCCCCCC. The van der Waals surface area contributed by atoms with Crippen LogP contribution >= 0.6 is 0 Å². The Morgan fingerprint density at radius 3 is 1.07 bits per heavy atom. The van der Waals surface area contributed by atoms with E-state index in [-0.39, 0.29) is 11.9 Å². The molecular formula is C26H50O4. The van der Waals surface area contributed by atoms with Gasteiger partial charge in [-0.15, -0.1) is 0 Å². The summed E-state index contributed by atoms with van der Waals surface area (Å²) < 4.78 is 10.5. The molecule has 0 spiro atoms. The maximum absolute atomic E-state index is 11.7. The summed E-state index contributed by atoms with van der Waals surface area (Å²) >= 11 is 0. The van der Waals surface area contributed by atoms with E-state index in [4.69, 9.17) is 9.47 Å².